The first-order valence-corrected chi connectivity index (χ1v) is 11.1. The number of nitrogens with zero attached hydrogens (tertiary/aromatic N) is 4. The summed E-state index contributed by atoms with van der Waals surface area (Å²) in [6.07, 6.45) is 3.23. The van der Waals surface area contributed by atoms with E-state index >= 15 is 0 Å². The average Bonchev–Trinajstić information content (AvgIpc) is 3.41. The van der Waals surface area contributed by atoms with Crippen molar-refractivity contribution in [1.82, 2.24) is 14.8 Å². The monoisotopic (exact) mass is 404 g/mol. The largest absolute Gasteiger partial charge is 0.308 e. The Morgan fingerprint density at radius 2 is 1.83 bits per heavy atom. The Bertz CT molecular complexity index is 1040. The lowest BCUT2D eigenvalue weighted by Crippen LogP contribution is -2.40. The van der Waals surface area contributed by atoms with Gasteiger partial charge < -0.3 is 4.90 Å². The van der Waals surface area contributed by atoms with Crippen molar-refractivity contribution in [2.75, 3.05) is 4.90 Å². The van der Waals surface area contributed by atoms with Crippen molar-refractivity contribution in [2.24, 2.45) is 0 Å². The lowest BCUT2D eigenvalue weighted by molar-refractivity contribution is -0.118. The Morgan fingerprint density at radius 3 is 2.59 bits per heavy atom. The van der Waals surface area contributed by atoms with Gasteiger partial charge in [-0.3, -0.25) is 4.79 Å². The van der Waals surface area contributed by atoms with Gasteiger partial charge in [-0.05, 0) is 56.9 Å². The van der Waals surface area contributed by atoms with Gasteiger partial charge >= 0.3 is 0 Å². The van der Waals surface area contributed by atoms with Gasteiger partial charge in [-0.2, -0.15) is 0 Å². The van der Waals surface area contributed by atoms with Gasteiger partial charge in [0.1, 0.15) is 5.82 Å². The van der Waals surface area contributed by atoms with Crippen LogP contribution < -0.4 is 4.90 Å². The van der Waals surface area contributed by atoms with Crippen molar-refractivity contribution < 1.29 is 4.79 Å². The third-order valence-electron chi connectivity index (χ3n) is 5.63. The molecular formula is C23H24N4OS. The number of aromatic nitrogens is 3. The second-order valence-corrected chi connectivity index (χ2v) is 9.23. The second-order valence-electron chi connectivity index (χ2n) is 7.92. The smallest absolute Gasteiger partial charge is 0.240 e. The number of benzene rings is 2. The number of thioether (sulfide) groups is 1. The number of carbonyl (C=O) groups excluding carboxylic acids is 1. The Labute approximate surface area is 175 Å². The molecule has 1 aromatic heterocycles. The third kappa shape index (κ3) is 3.46. The molecule has 1 fully saturated rings. The first kappa shape index (κ1) is 18.4. The van der Waals surface area contributed by atoms with Crippen LogP contribution in [0.2, 0.25) is 0 Å². The molecule has 1 aliphatic heterocycles. The second kappa shape index (κ2) is 7.34. The number of anilines is 1. The molecule has 5 nitrogen and oxygen atoms in total. The number of fused-ring (bicyclic) bond motifs is 1. The summed E-state index contributed by atoms with van der Waals surface area (Å²) in [5, 5.41) is 5.18. The molecule has 29 heavy (non-hydrogen) atoms. The molecule has 2 aromatic carbocycles. The maximum Gasteiger partial charge on any atom is 0.240 e. The van der Waals surface area contributed by atoms with Crippen molar-refractivity contribution in [3.63, 3.8) is 0 Å². The molecule has 0 spiro atoms. The number of carbonyl (C=O) groups is 1. The molecule has 2 heterocycles. The summed E-state index contributed by atoms with van der Waals surface area (Å²) in [6.45, 7) is 4.07. The Balaban J connectivity index is 1.39. The quantitative estimate of drug-likeness (QED) is 0.583. The molecule has 1 amide bonds. The zero-order chi connectivity index (χ0) is 20.0. The molecule has 1 saturated carbocycles. The highest BCUT2D eigenvalue weighted by Gasteiger charge is 2.35. The van der Waals surface area contributed by atoms with Gasteiger partial charge in [0.2, 0.25) is 11.1 Å². The van der Waals surface area contributed by atoms with Gasteiger partial charge in [0.15, 0.2) is 0 Å². The summed E-state index contributed by atoms with van der Waals surface area (Å²) in [4.78, 5) is 20.0. The molecule has 0 bridgehead atoms. The maximum atomic E-state index is 13.3. The van der Waals surface area contributed by atoms with Crippen molar-refractivity contribution >= 4 is 23.4 Å². The number of para-hydroxylation sites is 2. The van der Waals surface area contributed by atoms with Gasteiger partial charge in [0.05, 0.1) is 10.9 Å². The van der Waals surface area contributed by atoms with Crippen molar-refractivity contribution in [2.45, 2.75) is 55.5 Å². The SMILES string of the molecule is C[C@@H](Sc1nc(C2CC2)n(-c2ccccc2)n1)C(=O)N1c2ccccc2C[C@@H]1C. The van der Waals surface area contributed by atoms with E-state index in [0.717, 1.165) is 36.5 Å². The molecule has 3 aromatic rings. The minimum Gasteiger partial charge on any atom is -0.308 e. The van der Waals surface area contributed by atoms with Crippen LogP contribution >= 0.6 is 11.8 Å². The summed E-state index contributed by atoms with van der Waals surface area (Å²) in [5.41, 5.74) is 3.31. The fourth-order valence-electron chi connectivity index (χ4n) is 4.03. The molecule has 2 aliphatic rings. The fourth-order valence-corrected chi connectivity index (χ4v) is 4.83. The Hall–Kier alpha value is -2.60. The van der Waals surface area contributed by atoms with E-state index in [4.69, 9.17) is 10.1 Å². The van der Waals surface area contributed by atoms with Gasteiger partial charge in [-0.1, -0.05) is 48.2 Å². The lowest BCUT2D eigenvalue weighted by Gasteiger charge is -2.25. The van der Waals surface area contributed by atoms with E-state index in [0.29, 0.717) is 11.1 Å². The summed E-state index contributed by atoms with van der Waals surface area (Å²) in [5.74, 6) is 1.61. The number of hydrogen-bond acceptors (Lipinski definition) is 4. The minimum atomic E-state index is -0.248. The van der Waals surface area contributed by atoms with Gasteiger partial charge in [0.25, 0.3) is 0 Å². The van der Waals surface area contributed by atoms with Crippen LogP contribution in [0.3, 0.4) is 0 Å². The van der Waals surface area contributed by atoms with Crippen LogP contribution in [0.15, 0.2) is 59.8 Å². The Morgan fingerprint density at radius 1 is 1.10 bits per heavy atom. The lowest BCUT2D eigenvalue weighted by atomic mass is 10.1. The zero-order valence-corrected chi connectivity index (χ0v) is 17.5. The van der Waals surface area contributed by atoms with E-state index in [9.17, 15) is 4.79 Å². The summed E-state index contributed by atoms with van der Waals surface area (Å²) in [7, 11) is 0. The summed E-state index contributed by atoms with van der Waals surface area (Å²) < 4.78 is 1.95. The molecule has 0 saturated heterocycles. The summed E-state index contributed by atoms with van der Waals surface area (Å²) in [6, 6.07) is 18.5. The molecule has 0 unspecified atom stereocenters. The molecule has 5 rings (SSSR count). The molecular weight excluding hydrogens is 380 g/mol. The topological polar surface area (TPSA) is 51.0 Å². The van der Waals surface area contributed by atoms with E-state index in [1.165, 1.54) is 17.3 Å². The van der Waals surface area contributed by atoms with E-state index in [1.54, 1.807) is 0 Å². The van der Waals surface area contributed by atoms with Gasteiger partial charge in [-0.25, -0.2) is 9.67 Å². The van der Waals surface area contributed by atoms with Crippen LogP contribution in [0, 0.1) is 0 Å². The first-order valence-electron chi connectivity index (χ1n) is 10.2. The normalized spacial score (nSPS) is 19.2. The number of amides is 1. The van der Waals surface area contributed by atoms with E-state index < -0.39 is 0 Å². The maximum absolute atomic E-state index is 13.3. The van der Waals surface area contributed by atoms with Crippen molar-refractivity contribution in [3.8, 4) is 5.69 Å². The molecule has 148 valence electrons. The molecule has 6 heteroatoms. The van der Waals surface area contributed by atoms with Gasteiger partial charge in [-0.15, -0.1) is 5.10 Å². The van der Waals surface area contributed by atoms with Crippen LogP contribution in [-0.4, -0.2) is 32.0 Å². The summed E-state index contributed by atoms with van der Waals surface area (Å²) >= 11 is 1.46. The molecule has 1 aliphatic carbocycles. The third-order valence-corrected chi connectivity index (χ3v) is 6.57. The standard InChI is InChI=1S/C23H24N4OS/c1-15-14-18-8-6-7-11-20(18)26(15)22(28)16(2)29-23-24-21(17-12-13-17)27(25-23)19-9-4-3-5-10-19/h3-11,15-17H,12-14H2,1-2H3/t15-,16+/m0/s1. The molecule has 0 N–H and O–H groups in total. The van der Waals surface area contributed by atoms with Crippen molar-refractivity contribution in [3.05, 3.63) is 66.0 Å². The van der Waals surface area contributed by atoms with E-state index in [-0.39, 0.29) is 17.2 Å². The first-order chi connectivity index (χ1) is 14.1. The molecule has 2 atom stereocenters. The van der Waals surface area contributed by atoms with Crippen LogP contribution in [-0.2, 0) is 11.2 Å². The molecule has 0 radical (unpaired) electrons. The number of rotatable bonds is 5. The van der Waals surface area contributed by atoms with Crippen LogP contribution in [0.4, 0.5) is 5.69 Å². The highest BCUT2D eigenvalue weighted by Crippen LogP contribution is 2.41. The number of hydrogen-bond donors (Lipinski definition) is 0. The van der Waals surface area contributed by atoms with Crippen molar-refractivity contribution in [1.29, 1.82) is 0 Å². The highest BCUT2D eigenvalue weighted by molar-refractivity contribution is 8.00. The predicted molar refractivity (Wildman–Crippen MR) is 116 cm³/mol. The fraction of sp³-hybridized carbons (Fsp3) is 0.348. The van der Waals surface area contributed by atoms with Crippen LogP contribution in [0.25, 0.3) is 5.69 Å². The zero-order valence-electron chi connectivity index (χ0n) is 16.7. The van der Waals surface area contributed by atoms with Crippen LogP contribution in [0.5, 0.6) is 0 Å². The Kier molecular flexibility index (Phi) is 4.66. The average molecular weight is 405 g/mol. The minimum absolute atomic E-state index is 0.122. The predicted octanol–water partition coefficient (Wildman–Crippen LogP) is 4.60. The highest BCUT2D eigenvalue weighted by atomic mass is 32.2. The van der Waals surface area contributed by atoms with E-state index in [2.05, 4.69) is 13.0 Å². The van der Waals surface area contributed by atoms with Crippen LogP contribution in [0.1, 0.15) is 44.0 Å². The van der Waals surface area contributed by atoms with Gasteiger partial charge in [0, 0.05) is 17.6 Å². The van der Waals surface area contributed by atoms with E-state index in [1.807, 2.05) is 65.0 Å².